The maximum atomic E-state index is 12.8. The van der Waals surface area contributed by atoms with Crippen LogP contribution in [0.4, 0.5) is 11.8 Å². The summed E-state index contributed by atoms with van der Waals surface area (Å²) in [6.45, 7) is 5.04. The van der Waals surface area contributed by atoms with Crippen molar-refractivity contribution in [2.45, 2.75) is 120 Å². The van der Waals surface area contributed by atoms with Crippen molar-refractivity contribution in [3.8, 4) is 0 Å². The summed E-state index contributed by atoms with van der Waals surface area (Å²) in [4.78, 5) is 27.6. The Kier molecular flexibility index (Phi) is 9.91. The largest absolute Gasteiger partial charge is 0.356 e. The normalized spacial score (nSPS) is 28.4. The topological polar surface area (TPSA) is 85.4 Å². The minimum Gasteiger partial charge on any atom is -0.356 e. The summed E-state index contributed by atoms with van der Waals surface area (Å²) in [7, 11) is 0. The van der Waals surface area contributed by atoms with Gasteiger partial charge in [0.25, 0.3) is 0 Å². The van der Waals surface area contributed by atoms with E-state index in [-0.39, 0.29) is 11.9 Å². The van der Waals surface area contributed by atoms with Crippen LogP contribution in [0.2, 0.25) is 0 Å². The molecule has 3 unspecified atom stereocenters. The van der Waals surface area contributed by atoms with E-state index < -0.39 is 0 Å². The SMILES string of the molecule is O=C(NCCC1C(Nc2nccc(N3CCCCCC3)n2)CCCN1C1CCCCC1)C1CCCCN1. The second kappa shape index (κ2) is 13.7. The molecule has 3 saturated heterocycles. The minimum atomic E-state index is -0.0152. The third kappa shape index (κ3) is 7.34. The lowest BCUT2D eigenvalue weighted by atomic mass is 9.87. The van der Waals surface area contributed by atoms with Gasteiger partial charge in [-0.1, -0.05) is 38.5 Å². The van der Waals surface area contributed by atoms with Crippen LogP contribution < -0.4 is 20.9 Å². The first-order valence-electron chi connectivity index (χ1n) is 15.4. The molecule has 0 aromatic carbocycles. The van der Waals surface area contributed by atoms with Crippen LogP contribution in [0.15, 0.2) is 12.3 Å². The highest BCUT2D eigenvalue weighted by molar-refractivity contribution is 5.81. The number of rotatable bonds is 8. The molecule has 1 aromatic rings. The Labute approximate surface area is 223 Å². The Hall–Kier alpha value is -1.93. The number of likely N-dealkylation sites (tertiary alicyclic amines) is 1. The van der Waals surface area contributed by atoms with Crippen molar-refractivity contribution in [1.29, 1.82) is 0 Å². The molecule has 3 atom stereocenters. The van der Waals surface area contributed by atoms with E-state index >= 15 is 0 Å². The first kappa shape index (κ1) is 26.7. The van der Waals surface area contributed by atoms with Gasteiger partial charge in [-0.25, -0.2) is 4.98 Å². The molecule has 1 aromatic heterocycles. The highest BCUT2D eigenvalue weighted by atomic mass is 16.2. The maximum absolute atomic E-state index is 12.8. The summed E-state index contributed by atoms with van der Waals surface area (Å²) < 4.78 is 0. The van der Waals surface area contributed by atoms with Gasteiger partial charge in [0, 0.05) is 44.0 Å². The van der Waals surface area contributed by atoms with Gasteiger partial charge in [0.05, 0.1) is 6.04 Å². The first-order valence-corrected chi connectivity index (χ1v) is 15.4. The lowest BCUT2D eigenvalue weighted by Gasteiger charge is -2.47. The Morgan fingerprint density at radius 2 is 1.70 bits per heavy atom. The van der Waals surface area contributed by atoms with E-state index in [9.17, 15) is 4.79 Å². The number of carbonyl (C=O) groups is 1. The zero-order valence-corrected chi connectivity index (χ0v) is 22.8. The molecule has 1 aliphatic carbocycles. The van der Waals surface area contributed by atoms with Crippen molar-refractivity contribution in [2.24, 2.45) is 0 Å². The van der Waals surface area contributed by atoms with E-state index in [1.54, 1.807) is 0 Å². The molecular formula is C29H49N7O. The maximum Gasteiger partial charge on any atom is 0.237 e. The standard InChI is InChI=1S/C29H49N7O/c37-28(25-13-6-7-17-30-25)31-18-15-26-24(14-10-22-36(26)23-11-4-3-5-12-23)33-29-32-19-16-27(34-29)35-20-8-1-2-9-21-35/h16,19,23-26,30H,1-15,17-18,20-22H2,(H,31,37)(H,32,33,34). The number of anilines is 2. The van der Waals surface area contributed by atoms with Gasteiger partial charge in [0.15, 0.2) is 0 Å². The summed E-state index contributed by atoms with van der Waals surface area (Å²) in [6.07, 6.45) is 20.3. The van der Waals surface area contributed by atoms with Crippen molar-refractivity contribution in [2.75, 3.05) is 42.9 Å². The lowest BCUT2D eigenvalue weighted by molar-refractivity contribution is -0.123. The summed E-state index contributed by atoms with van der Waals surface area (Å²) in [5.74, 6) is 2.00. The van der Waals surface area contributed by atoms with Crippen molar-refractivity contribution >= 4 is 17.7 Å². The van der Waals surface area contributed by atoms with Gasteiger partial charge in [-0.3, -0.25) is 9.69 Å². The number of hydrogen-bond donors (Lipinski definition) is 3. The summed E-state index contributed by atoms with van der Waals surface area (Å²) in [5.41, 5.74) is 0. The molecule has 8 heteroatoms. The van der Waals surface area contributed by atoms with E-state index in [1.807, 2.05) is 6.20 Å². The van der Waals surface area contributed by atoms with E-state index in [0.29, 0.717) is 18.1 Å². The Morgan fingerprint density at radius 3 is 2.49 bits per heavy atom. The van der Waals surface area contributed by atoms with Crippen molar-refractivity contribution < 1.29 is 4.79 Å². The predicted molar refractivity (Wildman–Crippen MR) is 150 cm³/mol. The number of nitrogens with one attached hydrogen (secondary N) is 3. The number of aromatic nitrogens is 2. The second-order valence-corrected chi connectivity index (χ2v) is 11.7. The van der Waals surface area contributed by atoms with E-state index in [1.165, 1.54) is 77.2 Å². The van der Waals surface area contributed by atoms with Crippen LogP contribution in [0.25, 0.3) is 0 Å². The average molecular weight is 512 g/mol. The van der Waals surface area contributed by atoms with Crippen LogP contribution in [-0.4, -0.2) is 77.7 Å². The fourth-order valence-electron chi connectivity index (χ4n) is 7.09. The highest BCUT2D eigenvalue weighted by Crippen LogP contribution is 2.31. The molecule has 4 aliphatic rings. The fourth-order valence-corrected chi connectivity index (χ4v) is 7.09. The Balaban J connectivity index is 1.25. The molecule has 206 valence electrons. The van der Waals surface area contributed by atoms with Crippen molar-refractivity contribution in [1.82, 2.24) is 25.5 Å². The molecule has 37 heavy (non-hydrogen) atoms. The molecule has 8 nitrogen and oxygen atoms in total. The quantitative estimate of drug-likeness (QED) is 0.485. The number of hydrogen-bond acceptors (Lipinski definition) is 7. The van der Waals surface area contributed by atoms with E-state index in [0.717, 1.165) is 63.6 Å². The smallest absolute Gasteiger partial charge is 0.237 e. The van der Waals surface area contributed by atoms with Gasteiger partial charge in [-0.05, 0) is 76.9 Å². The van der Waals surface area contributed by atoms with E-state index in [4.69, 9.17) is 4.98 Å². The monoisotopic (exact) mass is 511 g/mol. The third-order valence-corrected chi connectivity index (χ3v) is 9.12. The van der Waals surface area contributed by atoms with Crippen molar-refractivity contribution in [3.63, 3.8) is 0 Å². The number of nitrogens with zero attached hydrogens (tertiary/aromatic N) is 4. The van der Waals surface area contributed by atoms with Gasteiger partial charge in [0.2, 0.25) is 11.9 Å². The van der Waals surface area contributed by atoms with Crippen molar-refractivity contribution in [3.05, 3.63) is 12.3 Å². The molecule has 3 aliphatic heterocycles. The number of amides is 1. The van der Waals surface area contributed by atoms with Gasteiger partial charge >= 0.3 is 0 Å². The fraction of sp³-hybridized carbons (Fsp3) is 0.828. The van der Waals surface area contributed by atoms with Crippen LogP contribution in [0.1, 0.15) is 96.3 Å². The zero-order valence-electron chi connectivity index (χ0n) is 22.8. The molecule has 0 radical (unpaired) electrons. The van der Waals surface area contributed by atoms with Crippen LogP contribution in [0, 0.1) is 0 Å². The lowest BCUT2D eigenvalue weighted by Crippen LogP contribution is -2.56. The number of piperidine rings is 2. The van der Waals surface area contributed by atoms with Crippen LogP contribution in [0.3, 0.4) is 0 Å². The molecule has 5 rings (SSSR count). The Morgan fingerprint density at radius 1 is 0.919 bits per heavy atom. The molecule has 4 fully saturated rings. The van der Waals surface area contributed by atoms with Gasteiger partial charge < -0.3 is 20.9 Å². The Bertz CT molecular complexity index is 831. The summed E-state index contributed by atoms with van der Waals surface area (Å²) >= 11 is 0. The molecular weight excluding hydrogens is 462 g/mol. The molecule has 1 saturated carbocycles. The van der Waals surface area contributed by atoms with Crippen LogP contribution >= 0.6 is 0 Å². The zero-order chi connectivity index (χ0) is 25.3. The minimum absolute atomic E-state index is 0.0152. The molecule has 1 amide bonds. The van der Waals surface area contributed by atoms with Crippen LogP contribution in [-0.2, 0) is 4.79 Å². The van der Waals surface area contributed by atoms with Gasteiger partial charge in [-0.15, -0.1) is 0 Å². The second-order valence-electron chi connectivity index (χ2n) is 11.7. The number of carbonyl (C=O) groups excluding carboxylic acids is 1. The average Bonchev–Trinajstić information content (AvgIpc) is 3.25. The van der Waals surface area contributed by atoms with Crippen LogP contribution in [0.5, 0.6) is 0 Å². The van der Waals surface area contributed by atoms with Gasteiger partial charge in [-0.2, -0.15) is 4.98 Å². The van der Waals surface area contributed by atoms with Gasteiger partial charge in [0.1, 0.15) is 5.82 Å². The molecule has 0 bridgehead atoms. The summed E-state index contributed by atoms with van der Waals surface area (Å²) in [5, 5.41) is 10.4. The summed E-state index contributed by atoms with van der Waals surface area (Å²) in [6, 6.07) is 3.42. The first-order chi connectivity index (χ1) is 18.3. The molecule has 3 N–H and O–H groups in total. The highest BCUT2D eigenvalue weighted by Gasteiger charge is 2.36. The van der Waals surface area contributed by atoms with E-state index in [2.05, 4.69) is 36.8 Å². The predicted octanol–water partition coefficient (Wildman–Crippen LogP) is 4.08. The third-order valence-electron chi connectivity index (χ3n) is 9.12. The molecule has 0 spiro atoms. The molecule has 4 heterocycles.